The van der Waals surface area contributed by atoms with Crippen LogP contribution in [0.15, 0.2) is 18.3 Å². The van der Waals surface area contributed by atoms with Crippen LogP contribution in [0, 0.1) is 11.3 Å². The molecule has 7 nitrogen and oxygen atoms in total. The predicted octanol–water partition coefficient (Wildman–Crippen LogP) is 0.182. The second kappa shape index (κ2) is 4.09. The molecule has 0 spiro atoms. The zero-order valence-electron chi connectivity index (χ0n) is 9.49. The molecule has 0 amide bonds. The fraction of sp³-hybridized carbons (Fsp3) is 0.200. The van der Waals surface area contributed by atoms with Gasteiger partial charge in [0.05, 0.1) is 0 Å². The van der Waals surface area contributed by atoms with Gasteiger partial charge in [0.25, 0.3) is 0 Å². The highest BCUT2D eigenvalue weighted by Crippen LogP contribution is 2.24. The van der Waals surface area contributed by atoms with E-state index < -0.39 is 0 Å². The Morgan fingerprint density at radius 1 is 1.47 bits per heavy atom. The van der Waals surface area contributed by atoms with Gasteiger partial charge in [0.2, 0.25) is 0 Å². The van der Waals surface area contributed by atoms with Crippen molar-refractivity contribution in [2.75, 3.05) is 24.7 Å². The van der Waals surface area contributed by atoms with Gasteiger partial charge in [0, 0.05) is 20.3 Å². The van der Waals surface area contributed by atoms with E-state index in [1.54, 1.807) is 37.3 Å². The summed E-state index contributed by atoms with van der Waals surface area (Å²) in [6.07, 6.45) is 1.56. The SMILES string of the molecule is CN(C)c1nn(-c2cccnn2)c(N)c1C#N. The Bertz CT molecular complexity index is 564. The summed E-state index contributed by atoms with van der Waals surface area (Å²) in [5.74, 6) is 1.25. The maximum absolute atomic E-state index is 9.06. The molecule has 86 valence electrons. The van der Waals surface area contributed by atoms with E-state index in [9.17, 15) is 0 Å². The van der Waals surface area contributed by atoms with Crippen LogP contribution in [0.25, 0.3) is 5.82 Å². The summed E-state index contributed by atoms with van der Waals surface area (Å²) in [6, 6.07) is 5.48. The lowest BCUT2D eigenvalue weighted by Crippen LogP contribution is -2.11. The summed E-state index contributed by atoms with van der Waals surface area (Å²) in [6.45, 7) is 0. The minimum Gasteiger partial charge on any atom is -0.382 e. The van der Waals surface area contributed by atoms with E-state index in [1.807, 2.05) is 6.07 Å². The van der Waals surface area contributed by atoms with Crippen molar-refractivity contribution in [2.24, 2.45) is 0 Å². The molecule has 2 heterocycles. The first-order valence-corrected chi connectivity index (χ1v) is 4.89. The molecular formula is C10H11N7. The van der Waals surface area contributed by atoms with Crippen LogP contribution in [0.2, 0.25) is 0 Å². The van der Waals surface area contributed by atoms with Gasteiger partial charge < -0.3 is 10.6 Å². The molecule has 0 radical (unpaired) electrons. The van der Waals surface area contributed by atoms with Crippen molar-refractivity contribution < 1.29 is 0 Å². The summed E-state index contributed by atoms with van der Waals surface area (Å²) < 4.78 is 1.40. The fourth-order valence-electron chi connectivity index (χ4n) is 1.42. The van der Waals surface area contributed by atoms with Crippen LogP contribution in [0.1, 0.15) is 5.56 Å². The van der Waals surface area contributed by atoms with Gasteiger partial charge in [-0.25, -0.2) is 0 Å². The lowest BCUT2D eigenvalue weighted by Gasteiger charge is -2.07. The van der Waals surface area contributed by atoms with Crippen LogP contribution in [0.4, 0.5) is 11.6 Å². The number of anilines is 2. The monoisotopic (exact) mass is 229 g/mol. The minimum absolute atomic E-state index is 0.261. The standard InChI is InChI=1S/C10H11N7/c1-16(2)10-7(6-11)9(12)17(15-10)8-4-3-5-13-14-8/h3-5H,12H2,1-2H3. The van der Waals surface area contributed by atoms with Crippen molar-refractivity contribution in [1.82, 2.24) is 20.0 Å². The van der Waals surface area contributed by atoms with Gasteiger partial charge in [-0.05, 0) is 12.1 Å². The second-order valence-corrected chi connectivity index (χ2v) is 3.58. The van der Waals surface area contributed by atoms with Crippen molar-refractivity contribution in [3.05, 3.63) is 23.9 Å². The van der Waals surface area contributed by atoms with E-state index in [0.717, 1.165) is 0 Å². The van der Waals surface area contributed by atoms with Crippen molar-refractivity contribution in [3.8, 4) is 11.9 Å². The summed E-state index contributed by atoms with van der Waals surface area (Å²) in [7, 11) is 3.59. The molecule has 0 unspecified atom stereocenters. The Balaban J connectivity index is 2.62. The summed E-state index contributed by atoms with van der Waals surface area (Å²) >= 11 is 0. The molecule has 7 heteroatoms. The summed E-state index contributed by atoms with van der Waals surface area (Å²) in [5, 5.41) is 21.0. The third-order valence-corrected chi connectivity index (χ3v) is 2.21. The number of nitrogen functional groups attached to an aromatic ring is 1. The van der Waals surface area contributed by atoms with Crippen molar-refractivity contribution in [2.45, 2.75) is 0 Å². The Morgan fingerprint density at radius 3 is 2.71 bits per heavy atom. The molecule has 0 atom stereocenters. The van der Waals surface area contributed by atoms with Gasteiger partial charge in [-0.15, -0.1) is 10.2 Å². The van der Waals surface area contributed by atoms with Crippen LogP contribution in [0.5, 0.6) is 0 Å². The topological polar surface area (TPSA) is 96.7 Å². The molecule has 0 aliphatic heterocycles. The first-order valence-electron chi connectivity index (χ1n) is 4.89. The van der Waals surface area contributed by atoms with Crippen LogP contribution in [-0.4, -0.2) is 34.1 Å². The van der Waals surface area contributed by atoms with E-state index in [0.29, 0.717) is 17.2 Å². The molecule has 0 aromatic carbocycles. The van der Waals surface area contributed by atoms with Crippen LogP contribution >= 0.6 is 0 Å². The zero-order chi connectivity index (χ0) is 12.4. The Hall–Kier alpha value is -2.62. The Labute approximate surface area is 98.1 Å². The number of hydrogen-bond donors (Lipinski definition) is 1. The first kappa shape index (κ1) is 10.9. The molecule has 0 aliphatic carbocycles. The molecule has 0 saturated carbocycles. The molecule has 0 saturated heterocycles. The normalized spacial score (nSPS) is 9.94. The lowest BCUT2D eigenvalue weighted by atomic mass is 10.3. The Kier molecular flexibility index (Phi) is 2.62. The highest BCUT2D eigenvalue weighted by Gasteiger charge is 2.18. The van der Waals surface area contributed by atoms with Crippen molar-refractivity contribution in [3.63, 3.8) is 0 Å². The highest BCUT2D eigenvalue weighted by molar-refractivity contribution is 5.66. The molecule has 2 aromatic rings. The van der Waals surface area contributed by atoms with Gasteiger partial charge in [0.15, 0.2) is 11.6 Å². The summed E-state index contributed by atoms with van der Waals surface area (Å²) in [4.78, 5) is 1.72. The molecule has 0 fully saturated rings. The number of nitrogens with two attached hydrogens (primary N) is 1. The molecule has 2 N–H and O–H groups in total. The Morgan fingerprint density at radius 2 is 2.24 bits per heavy atom. The van der Waals surface area contributed by atoms with E-state index >= 15 is 0 Å². The first-order chi connectivity index (χ1) is 8.15. The second-order valence-electron chi connectivity index (χ2n) is 3.58. The number of rotatable bonds is 2. The maximum atomic E-state index is 9.06. The van der Waals surface area contributed by atoms with Gasteiger partial charge >= 0.3 is 0 Å². The molecule has 2 aromatic heterocycles. The summed E-state index contributed by atoms with van der Waals surface area (Å²) in [5.41, 5.74) is 6.20. The predicted molar refractivity (Wildman–Crippen MR) is 62.6 cm³/mol. The highest BCUT2D eigenvalue weighted by atomic mass is 15.4. The quantitative estimate of drug-likeness (QED) is 0.789. The smallest absolute Gasteiger partial charge is 0.178 e. The van der Waals surface area contributed by atoms with Gasteiger partial charge in [-0.3, -0.25) is 0 Å². The zero-order valence-corrected chi connectivity index (χ0v) is 9.49. The van der Waals surface area contributed by atoms with Crippen molar-refractivity contribution in [1.29, 1.82) is 5.26 Å². The van der Waals surface area contributed by atoms with E-state index in [1.165, 1.54) is 4.68 Å². The van der Waals surface area contributed by atoms with Gasteiger partial charge in [0.1, 0.15) is 17.5 Å². The molecular weight excluding hydrogens is 218 g/mol. The molecule has 0 aliphatic rings. The minimum atomic E-state index is 0.261. The molecule has 17 heavy (non-hydrogen) atoms. The van der Waals surface area contributed by atoms with Crippen molar-refractivity contribution >= 4 is 11.6 Å². The van der Waals surface area contributed by atoms with E-state index in [2.05, 4.69) is 15.3 Å². The van der Waals surface area contributed by atoms with E-state index in [4.69, 9.17) is 11.0 Å². The number of nitriles is 1. The maximum Gasteiger partial charge on any atom is 0.178 e. The van der Waals surface area contributed by atoms with Crippen LogP contribution in [-0.2, 0) is 0 Å². The largest absolute Gasteiger partial charge is 0.382 e. The van der Waals surface area contributed by atoms with Crippen LogP contribution < -0.4 is 10.6 Å². The number of hydrogen-bond acceptors (Lipinski definition) is 6. The third kappa shape index (κ3) is 1.76. The van der Waals surface area contributed by atoms with Gasteiger partial charge in [-0.2, -0.15) is 15.0 Å². The van der Waals surface area contributed by atoms with Gasteiger partial charge in [-0.1, -0.05) is 0 Å². The molecule has 0 bridgehead atoms. The average Bonchev–Trinajstić information content (AvgIpc) is 2.67. The average molecular weight is 229 g/mol. The fourth-order valence-corrected chi connectivity index (χ4v) is 1.42. The lowest BCUT2D eigenvalue weighted by molar-refractivity contribution is 0.815. The van der Waals surface area contributed by atoms with E-state index in [-0.39, 0.29) is 5.82 Å². The molecule has 2 rings (SSSR count). The third-order valence-electron chi connectivity index (χ3n) is 2.21. The number of nitrogens with zero attached hydrogens (tertiary/aromatic N) is 6. The van der Waals surface area contributed by atoms with Crippen LogP contribution in [0.3, 0.4) is 0 Å². The number of aromatic nitrogens is 4.